The second-order valence-corrected chi connectivity index (χ2v) is 8.22. The summed E-state index contributed by atoms with van der Waals surface area (Å²) in [5.41, 5.74) is 1.30. The predicted molar refractivity (Wildman–Crippen MR) is 101 cm³/mol. The zero-order valence-corrected chi connectivity index (χ0v) is 16.2. The molecule has 0 spiro atoms. The number of nitrogens with zero attached hydrogens (tertiary/aromatic N) is 3. The molecule has 1 saturated heterocycles. The van der Waals surface area contributed by atoms with E-state index in [9.17, 15) is 0 Å². The van der Waals surface area contributed by atoms with Crippen molar-refractivity contribution >= 4 is 27.4 Å². The SMILES string of the molecule is Cc1sc2nc(CN3CCOCC3)nc(NC(C)C(C)C)c2c1C. The maximum atomic E-state index is 5.44. The molecule has 2 aromatic heterocycles. The Labute approximate surface area is 148 Å². The fourth-order valence-electron chi connectivity index (χ4n) is 2.81. The summed E-state index contributed by atoms with van der Waals surface area (Å²) < 4.78 is 5.44. The average Bonchev–Trinajstić information content (AvgIpc) is 2.83. The van der Waals surface area contributed by atoms with Crippen LogP contribution in [-0.4, -0.2) is 47.2 Å². The fraction of sp³-hybridized carbons (Fsp3) is 0.667. The summed E-state index contributed by atoms with van der Waals surface area (Å²) in [7, 11) is 0. The quantitative estimate of drug-likeness (QED) is 0.895. The average molecular weight is 349 g/mol. The van der Waals surface area contributed by atoms with Crippen LogP contribution in [0.5, 0.6) is 0 Å². The van der Waals surface area contributed by atoms with E-state index >= 15 is 0 Å². The van der Waals surface area contributed by atoms with Crippen LogP contribution in [-0.2, 0) is 11.3 Å². The van der Waals surface area contributed by atoms with Gasteiger partial charge in [0, 0.05) is 24.0 Å². The van der Waals surface area contributed by atoms with Gasteiger partial charge in [-0.05, 0) is 32.3 Å². The van der Waals surface area contributed by atoms with E-state index in [1.165, 1.54) is 15.8 Å². The van der Waals surface area contributed by atoms with Gasteiger partial charge < -0.3 is 10.1 Å². The molecule has 1 aliphatic heterocycles. The van der Waals surface area contributed by atoms with E-state index in [1.54, 1.807) is 11.3 Å². The second-order valence-electron chi connectivity index (χ2n) is 7.02. The highest BCUT2D eigenvalue weighted by atomic mass is 32.1. The lowest BCUT2D eigenvalue weighted by atomic mass is 10.1. The normalized spacial score (nSPS) is 17.6. The van der Waals surface area contributed by atoms with Crippen LogP contribution in [0.4, 0.5) is 5.82 Å². The first kappa shape index (κ1) is 17.6. The number of nitrogens with one attached hydrogen (secondary N) is 1. The lowest BCUT2D eigenvalue weighted by Gasteiger charge is -2.26. The molecule has 3 rings (SSSR count). The Morgan fingerprint density at radius 2 is 1.88 bits per heavy atom. The van der Waals surface area contributed by atoms with Gasteiger partial charge in [-0.3, -0.25) is 4.90 Å². The predicted octanol–water partition coefficient (Wildman–Crippen LogP) is 3.60. The van der Waals surface area contributed by atoms with Crippen molar-refractivity contribution in [1.29, 1.82) is 0 Å². The first-order valence-electron chi connectivity index (χ1n) is 8.79. The highest BCUT2D eigenvalue weighted by Gasteiger charge is 2.19. The van der Waals surface area contributed by atoms with E-state index in [0.717, 1.165) is 49.3 Å². The fourth-order valence-corrected chi connectivity index (χ4v) is 3.86. The second kappa shape index (κ2) is 7.33. The molecule has 1 N–H and O–H groups in total. The number of rotatable bonds is 5. The van der Waals surface area contributed by atoms with E-state index in [1.807, 2.05) is 0 Å². The number of aryl methyl sites for hydroxylation is 2. The molecule has 132 valence electrons. The molecule has 0 saturated carbocycles. The highest BCUT2D eigenvalue weighted by molar-refractivity contribution is 7.18. The molecule has 1 unspecified atom stereocenters. The van der Waals surface area contributed by atoms with Gasteiger partial charge >= 0.3 is 0 Å². The minimum absolute atomic E-state index is 0.374. The first-order chi connectivity index (χ1) is 11.5. The summed E-state index contributed by atoms with van der Waals surface area (Å²) in [6, 6.07) is 0.374. The highest BCUT2D eigenvalue weighted by Crippen LogP contribution is 2.34. The number of ether oxygens (including phenoxy) is 1. The van der Waals surface area contributed by atoms with Crippen LogP contribution in [0.3, 0.4) is 0 Å². The number of hydrogen-bond acceptors (Lipinski definition) is 6. The van der Waals surface area contributed by atoms with E-state index in [4.69, 9.17) is 14.7 Å². The van der Waals surface area contributed by atoms with Gasteiger partial charge in [-0.15, -0.1) is 11.3 Å². The van der Waals surface area contributed by atoms with Gasteiger partial charge in [0.25, 0.3) is 0 Å². The molecule has 0 amide bonds. The zero-order valence-electron chi connectivity index (χ0n) is 15.3. The number of hydrogen-bond donors (Lipinski definition) is 1. The lowest BCUT2D eigenvalue weighted by Crippen LogP contribution is -2.36. The van der Waals surface area contributed by atoms with Gasteiger partial charge in [0.15, 0.2) is 0 Å². The number of anilines is 1. The summed E-state index contributed by atoms with van der Waals surface area (Å²) >= 11 is 1.77. The van der Waals surface area contributed by atoms with Gasteiger partial charge in [0.1, 0.15) is 16.5 Å². The van der Waals surface area contributed by atoms with E-state index < -0.39 is 0 Å². The molecule has 6 heteroatoms. The Morgan fingerprint density at radius 1 is 1.17 bits per heavy atom. The third kappa shape index (κ3) is 3.71. The van der Waals surface area contributed by atoms with Gasteiger partial charge in [0.2, 0.25) is 0 Å². The largest absolute Gasteiger partial charge is 0.379 e. The minimum Gasteiger partial charge on any atom is -0.379 e. The molecule has 2 aromatic rings. The summed E-state index contributed by atoms with van der Waals surface area (Å²) in [6.07, 6.45) is 0. The molecule has 5 nitrogen and oxygen atoms in total. The van der Waals surface area contributed by atoms with Crippen molar-refractivity contribution in [3.63, 3.8) is 0 Å². The molecule has 0 radical (unpaired) electrons. The first-order valence-corrected chi connectivity index (χ1v) is 9.60. The van der Waals surface area contributed by atoms with E-state index in [0.29, 0.717) is 12.0 Å². The summed E-state index contributed by atoms with van der Waals surface area (Å²) in [5, 5.41) is 4.82. The van der Waals surface area contributed by atoms with Crippen molar-refractivity contribution in [2.45, 2.75) is 47.2 Å². The molecule has 1 atom stereocenters. The maximum absolute atomic E-state index is 5.44. The maximum Gasteiger partial charge on any atom is 0.146 e. The van der Waals surface area contributed by atoms with Crippen molar-refractivity contribution < 1.29 is 4.74 Å². The van der Waals surface area contributed by atoms with Gasteiger partial charge in [-0.25, -0.2) is 9.97 Å². The van der Waals surface area contributed by atoms with Crippen molar-refractivity contribution in [3.8, 4) is 0 Å². The Kier molecular flexibility index (Phi) is 5.37. The molecular weight excluding hydrogens is 320 g/mol. The molecule has 3 heterocycles. The summed E-state index contributed by atoms with van der Waals surface area (Å²) in [6.45, 7) is 15.3. The Hall–Kier alpha value is -1.24. The topological polar surface area (TPSA) is 50.3 Å². The van der Waals surface area contributed by atoms with Crippen molar-refractivity contribution in [1.82, 2.24) is 14.9 Å². The van der Waals surface area contributed by atoms with Crippen LogP contribution in [0.15, 0.2) is 0 Å². The van der Waals surface area contributed by atoms with Crippen LogP contribution in [0, 0.1) is 19.8 Å². The van der Waals surface area contributed by atoms with Crippen LogP contribution in [0.2, 0.25) is 0 Å². The number of morpholine rings is 1. The number of aromatic nitrogens is 2. The molecule has 1 fully saturated rings. The van der Waals surface area contributed by atoms with Crippen LogP contribution in [0.25, 0.3) is 10.2 Å². The van der Waals surface area contributed by atoms with Crippen LogP contribution >= 0.6 is 11.3 Å². The van der Waals surface area contributed by atoms with Crippen molar-refractivity contribution in [2.75, 3.05) is 31.6 Å². The molecule has 0 aliphatic carbocycles. The Balaban J connectivity index is 1.95. The zero-order chi connectivity index (χ0) is 17.3. The van der Waals surface area contributed by atoms with Crippen LogP contribution in [0.1, 0.15) is 37.0 Å². The Morgan fingerprint density at radius 3 is 2.54 bits per heavy atom. The standard InChI is InChI=1S/C18H28N4OS/c1-11(2)13(4)19-17-16-12(3)14(5)24-18(16)21-15(20-17)10-22-6-8-23-9-7-22/h11,13H,6-10H2,1-5H3,(H,19,20,21). The van der Waals surface area contributed by atoms with E-state index in [2.05, 4.69) is 44.8 Å². The van der Waals surface area contributed by atoms with Gasteiger partial charge in [-0.2, -0.15) is 0 Å². The number of thiophene rings is 1. The van der Waals surface area contributed by atoms with Crippen molar-refractivity contribution in [2.24, 2.45) is 5.92 Å². The van der Waals surface area contributed by atoms with Crippen LogP contribution < -0.4 is 5.32 Å². The Bertz CT molecular complexity index is 707. The summed E-state index contributed by atoms with van der Waals surface area (Å²) in [5.74, 6) is 2.45. The summed E-state index contributed by atoms with van der Waals surface area (Å²) in [4.78, 5) is 14.5. The molecule has 0 bridgehead atoms. The third-order valence-electron chi connectivity index (χ3n) is 4.91. The minimum atomic E-state index is 0.374. The smallest absolute Gasteiger partial charge is 0.146 e. The van der Waals surface area contributed by atoms with E-state index in [-0.39, 0.29) is 0 Å². The molecule has 1 aliphatic rings. The monoisotopic (exact) mass is 348 g/mol. The molecule has 24 heavy (non-hydrogen) atoms. The third-order valence-corrected chi connectivity index (χ3v) is 6.01. The molecule has 0 aromatic carbocycles. The van der Waals surface area contributed by atoms with Crippen molar-refractivity contribution in [3.05, 3.63) is 16.3 Å². The number of fused-ring (bicyclic) bond motifs is 1. The molecular formula is C18H28N4OS. The van der Waals surface area contributed by atoms with Gasteiger partial charge in [-0.1, -0.05) is 13.8 Å². The van der Waals surface area contributed by atoms with Gasteiger partial charge in [0.05, 0.1) is 25.1 Å². The lowest BCUT2D eigenvalue weighted by molar-refractivity contribution is 0.0331.